The Bertz CT molecular complexity index is 775. The van der Waals surface area contributed by atoms with Gasteiger partial charge in [-0.3, -0.25) is 0 Å². The number of anilines is 3. The van der Waals surface area contributed by atoms with Crippen LogP contribution in [0.15, 0.2) is 29.3 Å². The molecule has 5 N–H and O–H groups in total. The summed E-state index contributed by atoms with van der Waals surface area (Å²) in [4.78, 5) is 8.76. The maximum atomic E-state index is 14.1. The lowest BCUT2D eigenvalue weighted by Gasteiger charge is -2.30. The fourth-order valence-electron chi connectivity index (χ4n) is 2.91. The van der Waals surface area contributed by atoms with E-state index in [1.54, 1.807) is 18.2 Å². The van der Waals surface area contributed by atoms with E-state index in [0.29, 0.717) is 16.5 Å². The van der Waals surface area contributed by atoms with Gasteiger partial charge in [-0.1, -0.05) is 13.0 Å². The van der Waals surface area contributed by atoms with Gasteiger partial charge in [0.1, 0.15) is 0 Å². The van der Waals surface area contributed by atoms with Crippen LogP contribution in [0.2, 0.25) is 0 Å². The van der Waals surface area contributed by atoms with Gasteiger partial charge < -0.3 is 20.5 Å². The van der Waals surface area contributed by atoms with E-state index in [1.807, 2.05) is 6.92 Å². The van der Waals surface area contributed by atoms with E-state index < -0.39 is 17.2 Å². The van der Waals surface area contributed by atoms with Crippen LogP contribution in [0.4, 0.5) is 21.8 Å². The molecule has 0 bridgehead atoms. The van der Waals surface area contributed by atoms with Gasteiger partial charge >= 0.3 is 0 Å². The Balaban J connectivity index is 1.78. The summed E-state index contributed by atoms with van der Waals surface area (Å²) in [5, 5.41) is 15.0. The van der Waals surface area contributed by atoms with E-state index in [2.05, 4.69) is 32.8 Å². The molecule has 9 heteroatoms. The molecule has 26 heavy (non-hydrogen) atoms. The van der Waals surface area contributed by atoms with Crippen LogP contribution < -0.4 is 21.1 Å². The van der Waals surface area contributed by atoms with Crippen molar-refractivity contribution >= 4 is 28.8 Å². The highest BCUT2D eigenvalue weighted by atomic mass is 32.2. The summed E-state index contributed by atoms with van der Waals surface area (Å²) in [7, 11) is 0. The highest BCUT2D eigenvalue weighted by Crippen LogP contribution is 2.23. The van der Waals surface area contributed by atoms with E-state index >= 15 is 0 Å². The van der Waals surface area contributed by atoms with E-state index in [4.69, 9.17) is 5.14 Å². The number of hydrogen-bond acceptors (Lipinski definition) is 7. The average molecular weight is 378 g/mol. The Morgan fingerprint density at radius 2 is 2.23 bits per heavy atom. The topological polar surface area (TPSA) is 111 Å². The second kappa shape index (κ2) is 8.17. The van der Waals surface area contributed by atoms with Gasteiger partial charge in [0, 0.05) is 29.9 Å². The fourth-order valence-corrected chi connectivity index (χ4v) is 3.54. The Labute approximate surface area is 155 Å². The minimum absolute atomic E-state index is 0.103. The van der Waals surface area contributed by atoms with Crippen molar-refractivity contribution in [3.8, 4) is 0 Å². The molecule has 3 unspecified atom stereocenters. The molecular weight excluding hydrogens is 355 g/mol. The zero-order valence-corrected chi connectivity index (χ0v) is 15.6. The van der Waals surface area contributed by atoms with Crippen molar-refractivity contribution in [1.82, 2.24) is 15.3 Å². The molecule has 0 radical (unpaired) electrons. The van der Waals surface area contributed by atoms with Gasteiger partial charge in [-0.25, -0.2) is 9.37 Å². The van der Waals surface area contributed by atoms with Gasteiger partial charge in [-0.15, -0.1) is 5.14 Å². The van der Waals surface area contributed by atoms with Gasteiger partial charge in [0.25, 0.3) is 0 Å². The lowest BCUT2D eigenvalue weighted by molar-refractivity contribution is 0.365. The number of hydrogen-bond donors (Lipinski definition) is 4. The van der Waals surface area contributed by atoms with Gasteiger partial charge in [0.15, 0.2) is 16.5 Å². The van der Waals surface area contributed by atoms with Crippen molar-refractivity contribution in [2.75, 3.05) is 23.7 Å². The predicted octanol–water partition coefficient (Wildman–Crippen LogP) is 2.06. The van der Waals surface area contributed by atoms with Crippen LogP contribution in [0, 0.1) is 18.7 Å². The maximum Gasteiger partial charge on any atom is 0.229 e. The number of nitrogens with zero attached hydrogens (tertiary/aromatic N) is 2. The predicted molar refractivity (Wildman–Crippen MR) is 101 cm³/mol. The van der Waals surface area contributed by atoms with Gasteiger partial charge in [0.2, 0.25) is 5.95 Å². The molecule has 1 aliphatic rings. The zero-order valence-electron chi connectivity index (χ0n) is 14.8. The second-order valence-corrected chi connectivity index (χ2v) is 7.55. The van der Waals surface area contributed by atoms with Gasteiger partial charge in [-0.05, 0) is 31.9 Å². The van der Waals surface area contributed by atoms with Crippen molar-refractivity contribution in [2.45, 2.75) is 31.2 Å². The average Bonchev–Trinajstić information content (AvgIpc) is 2.61. The molecule has 3 atom stereocenters. The second-order valence-electron chi connectivity index (χ2n) is 6.51. The third-order valence-corrected chi connectivity index (χ3v) is 5.43. The third-order valence-electron chi connectivity index (χ3n) is 4.55. The lowest BCUT2D eigenvalue weighted by atomic mass is 9.95. The Morgan fingerprint density at radius 1 is 1.42 bits per heavy atom. The lowest BCUT2D eigenvalue weighted by Crippen LogP contribution is -2.44. The molecule has 1 aromatic heterocycles. The summed E-state index contributed by atoms with van der Waals surface area (Å²) in [5.41, 5.74) is 1.47. The molecule has 0 spiro atoms. The van der Waals surface area contributed by atoms with Crippen molar-refractivity contribution in [1.29, 1.82) is 0 Å². The first-order chi connectivity index (χ1) is 12.4. The van der Waals surface area contributed by atoms with Gasteiger partial charge in [-0.2, -0.15) is 4.98 Å². The molecule has 0 aliphatic carbocycles. The third kappa shape index (κ3) is 4.42. The molecule has 3 rings (SSSR count). The molecular formula is C17H23FN6OS. The number of aryl methyl sites for hydroxylation is 1. The molecule has 1 aliphatic heterocycles. The monoisotopic (exact) mass is 378 g/mol. The molecule has 7 nitrogen and oxygen atoms in total. The molecule has 0 amide bonds. The van der Waals surface area contributed by atoms with Crippen LogP contribution in [0.1, 0.15) is 18.9 Å². The van der Waals surface area contributed by atoms with Crippen LogP contribution in [-0.4, -0.2) is 33.7 Å². The van der Waals surface area contributed by atoms with E-state index in [1.165, 1.54) is 0 Å². The molecule has 2 heterocycles. The highest BCUT2D eigenvalue weighted by molar-refractivity contribution is 7.89. The Kier molecular flexibility index (Phi) is 5.92. The smallest absolute Gasteiger partial charge is 0.229 e. The van der Waals surface area contributed by atoms with Crippen LogP contribution in [-0.2, 0) is 11.4 Å². The van der Waals surface area contributed by atoms with Crippen LogP contribution in [0.3, 0.4) is 0 Å². The molecule has 2 aromatic rings. The van der Waals surface area contributed by atoms with Crippen LogP contribution in [0.25, 0.3) is 0 Å². The summed E-state index contributed by atoms with van der Waals surface area (Å²) < 4.78 is 25.7. The molecule has 1 aromatic carbocycles. The van der Waals surface area contributed by atoms with Crippen molar-refractivity contribution in [3.63, 3.8) is 0 Å². The first kappa shape index (κ1) is 18.8. The number of aromatic nitrogens is 2. The number of halogens is 1. The zero-order chi connectivity index (χ0) is 18.7. The van der Waals surface area contributed by atoms with Crippen molar-refractivity contribution in [3.05, 3.63) is 35.8 Å². The highest BCUT2D eigenvalue weighted by Gasteiger charge is 2.22. The molecule has 140 valence electrons. The summed E-state index contributed by atoms with van der Waals surface area (Å²) in [6.45, 7) is 5.70. The Morgan fingerprint density at radius 3 is 2.96 bits per heavy atom. The van der Waals surface area contributed by atoms with Crippen LogP contribution in [0.5, 0.6) is 0 Å². The van der Waals surface area contributed by atoms with E-state index in [0.717, 1.165) is 31.3 Å². The molecule has 0 saturated carbocycles. The van der Waals surface area contributed by atoms with E-state index in [9.17, 15) is 8.94 Å². The summed E-state index contributed by atoms with van der Waals surface area (Å²) in [6, 6.07) is 5.39. The summed E-state index contributed by atoms with van der Waals surface area (Å²) in [6.07, 6.45) is 2.16. The summed E-state index contributed by atoms with van der Waals surface area (Å²) in [5.74, 6) is 0.336. The number of benzene rings is 1. The van der Waals surface area contributed by atoms with Crippen molar-refractivity contribution in [2.24, 2.45) is 11.1 Å². The van der Waals surface area contributed by atoms with Crippen LogP contribution >= 0.6 is 0 Å². The fraction of sp³-hybridized carbons (Fsp3) is 0.412. The normalized spacial score (nSPS) is 21.3. The minimum Gasteiger partial charge on any atom is -0.593 e. The molecule has 1 saturated heterocycles. The first-order valence-electron chi connectivity index (χ1n) is 8.47. The first-order valence-corrected chi connectivity index (χ1v) is 9.69. The van der Waals surface area contributed by atoms with E-state index in [-0.39, 0.29) is 17.8 Å². The quantitative estimate of drug-likeness (QED) is 0.589. The number of nitrogens with two attached hydrogens (primary N) is 1. The number of piperidine rings is 1. The van der Waals surface area contributed by atoms with Crippen molar-refractivity contribution < 1.29 is 8.94 Å². The SMILES string of the molecule is Cc1ccc(Nc2ncc(F)c(NC3CNCCC3C)n2)cc1[S+](N)[O-]. The number of nitrogens with one attached hydrogen (secondary N) is 3. The Hall–Kier alpha value is -1.94. The summed E-state index contributed by atoms with van der Waals surface area (Å²) >= 11 is -1.59. The minimum atomic E-state index is -1.59. The maximum absolute atomic E-state index is 14.1. The standard InChI is InChI=1S/C17H23FN6OS/c1-10-5-6-20-9-14(10)23-16-13(18)8-21-17(24-16)22-12-4-3-11(2)15(7-12)26(19)25/h3-4,7-8,10,14,20H,5-6,9,19H2,1-2H3,(H2,21,22,23,24). The molecule has 1 fully saturated rings. The largest absolute Gasteiger partial charge is 0.593 e. The van der Waals surface area contributed by atoms with Gasteiger partial charge in [0.05, 0.1) is 17.6 Å². The number of rotatable bonds is 5.